The van der Waals surface area contributed by atoms with Crippen LogP contribution in [0.2, 0.25) is 0 Å². The summed E-state index contributed by atoms with van der Waals surface area (Å²) in [4.78, 5) is 11.3. The Morgan fingerprint density at radius 2 is 1.88 bits per heavy atom. The van der Waals surface area contributed by atoms with E-state index in [0.29, 0.717) is 19.8 Å². The van der Waals surface area contributed by atoms with E-state index >= 15 is 0 Å². The Balaban J connectivity index is 3.65. The average molecular weight is 246 g/mol. The fourth-order valence-electron chi connectivity index (χ4n) is 1.34. The largest absolute Gasteiger partial charge is 0.379 e. The maximum Gasteiger partial charge on any atom is 0.239 e. The normalized spacial score (nSPS) is 14.5. The van der Waals surface area contributed by atoms with Crippen LogP contribution in [0, 0.1) is 0 Å². The van der Waals surface area contributed by atoms with Gasteiger partial charge in [-0.25, -0.2) is 0 Å². The third kappa shape index (κ3) is 7.31. The van der Waals surface area contributed by atoms with E-state index in [1.54, 1.807) is 6.92 Å². The van der Waals surface area contributed by atoms with E-state index < -0.39 is 11.4 Å². The second-order valence-electron chi connectivity index (χ2n) is 4.25. The molecule has 0 bridgehead atoms. The number of hydrogen-bond donors (Lipinski definition) is 2. The molecule has 0 aliphatic heterocycles. The molecule has 5 heteroatoms. The summed E-state index contributed by atoms with van der Waals surface area (Å²) >= 11 is 0. The van der Waals surface area contributed by atoms with Crippen LogP contribution in [-0.2, 0) is 14.3 Å². The lowest BCUT2D eigenvalue weighted by Gasteiger charge is -2.26. The highest BCUT2D eigenvalue weighted by Gasteiger charge is 2.29. The van der Waals surface area contributed by atoms with Crippen LogP contribution in [0.4, 0.5) is 0 Å². The molecule has 0 radical (unpaired) electrons. The quantitative estimate of drug-likeness (QED) is 0.526. The molecule has 0 aromatic heterocycles. The number of amides is 1. The number of carbonyl (C=O) groups excluding carboxylic acids is 1. The van der Waals surface area contributed by atoms with E-state index in [1.165, 1.54) is 0 Å². The number of rotatable bonds is 11. The maximum absolute atomic E-state index is 11.3. The molecular weight excluding hydrogens is 220 g/mol. The van der Waals surface area contributed by atoms with Gasteiger partial charge in [-0.2, -0.15) is 0 Å². The second kappa shape index (κ2) is 9.39. The zero-order valence-corrected chi connectivity index (χ0v) is 11.3. The minimum atomic E-state index is -0.793. The van der Waals surface area contributed by atoms with Crippen molar-refractivity contribution < 1.29 is 14.3 Å². The minimum absolute atomic E-state index is 0.271. The first-order chi connectivity index (χ1) is 8.06. The Morgan fingerprint density at radius 3 is 2.41 bits per heavy atom. The van der Waals surface area contributed by atoms with Gasteiger partial charge >= 0.3 is 0 Å². The van der Waals surface area contributed by atoms with Gasteiger partial charge in [0.15, 0.2) is 0 Å². The van der Waals surface area contributed by atoms with Crippen LogP contribution in [0.25, 0.3) is 0 Å². The van der Waals surface area contributed by atoms with Crippen LogP contribution < -0.4 is 11.1 Å². The third-order valence-electron chi connectivity index (χ3n) is 2.52. The van der Waals surface area contributed by atoms with Crippen molar-refractivity contribution in [3.05, 3.63) is 0 Å². The van der Waals surface area contributed by atoms with Gasteiger partial charge in [-0.15, -0.1) is 0 Å². The van der Waals surface area contributed by atoms with E-state index in [2.05, 4.69) is 12.2 Å². The molecule has 0 saturated heterocycles. The number of hydrogen-bond acceptors (Lipinski definition) is 4. The third-order valence-corrected chi connectivity index (χ3v) is 2.52. The van der Waals surface area contributed by atoms with Gasteiger partial charge in [0.25, 0.3) is 0 Å². The molecule has 5 nitrogen and oxygen atoms in total. The van der Waals surface area contributed by atoms with Gasteiger partial charge in [0.05, 0.1) is 19.8 Å². The summed E-state index contributed by atoms with van der Waals surface area (Å²) in [5, 5.41) is 3.03. The van der Waals surface area contributed by atoms with E-state index in [-0.39, 0.29) is 6.61 Å². The highest BCUT2D eigenvalue weighted by atomic mass is 16.5. The monoisotopic (exact) mass is 246 g/mol. The summed E-state index contributed by atoms with van der Waals surface area (Å²) < 4.78 is 10.8. The Kier molecular flexibility index (Phi) is 9.03. The number of likely N-dealkylation sites (N-methyl/N-ethyl adjacent to an activating group) is 1. The van der Waals surface area contributed by atoms with Crippen molar-refractivity contribution in [3.63, 3.8) is 0 Å². The van der Waals surface area contributed by atoms with Gasteiger partial charge in [-0.1, -0.05) is 20.3 Å². The molecule has 0 aromatic carbocycles. The predicted octanol–water partition coefficient (Wildman–Crippen LogP) is 0.673. The number of nitrogens with one attached hydrogen (secondary N) is 1. The highest BCUT2D eigenvalue weighted by molar-refractivity contribution is 5.84. The summed E-state index contributed by atoms with van der Waals surface area (Å²) in [6.07, 6.45) is 2.19. The zero-order valence-electron chi connectivity index (χ0n) is 11.3. The molecule has 1 amide bonds. The molecule has 17 heavy (non-hydrogen) atoms. The molecule has 1 unspecified atom stereocenters. The molecule has 0 spiro atoms. The Hall–Kier alpha value is -0.650. The van der Waals surface area contributed by atoms with Crippen molar-refractivity contribution in [1.82, 2.24) is 5.32 Å². The lowest BCUT2D eigenvalue weighted by molar-refractivity contribution is -0.126. The topological polar surface area (TPSA) is 73.6 Å². The van der Waals surface area contributed by atoms with Gasteiger partial charge < -0.3 is 20.5 Å². The standard InChI is InChI=1S/C12H26N2O3/c1-4-6-7-16-8-9-17-10-12(3,11(13)15)14-5-2/h14H,4-10H2,1-3H3,(H2,13,15). The van der Waals surface area contributed by atoms with E-state index in [9.17, 15) is 4.79 Å². The molecular formula is C12H26N2O3. The summed E-state index contributed by atoms with van der Waals surface area (Å²) in [7, 11) is 0. The fraction of sp³-hybridized carbons (Fsp3) is 0.917. The number of unbranched alkanes of at least 4 members (excludes halogenated alkanes) is 1. The predicted molar refractivity (Wildman–Crippen MR) is 67.8 cm³/mol. The first-order valence-corrected chi connectivity index (χ1v) is 6.27. The molecule has 1 atom stereocenters. The molecule has 102 valence electrons. The molecule has 0 fully saturated rings. The van der Waals surface area contributed by atoms with Gasteiger partial charge in [0.1, 0.15) is 5.54 Å². The molecule has 0 rings (SSSR count). The van der Waals surface area contributed by atoms with Crippen molar-refractivity contribution in [1.29, 1.82) is 0 Å². The molecule has 0 saturated carbocycles. The van der Waals surface area contributed by atoms with Crippen LogP contribution >= 0.6 is 0 Å². The van der Waals surface area contributed by atoms with Gasteiger partial charge in [0, 0.05) is 6.61 Å². The van der Waals surface area contributed by atoms with Crippen molar-refractivity contribution in [2.75, 3.05) is 33.0 Å². The minimum Gasteiger partial charge on any atom is -0.379 e. The van der Waals surface area contributed by atoms with Crippen molar-refractivity contribution in [2.24, 2.45) is 5.73 Å². The van der Waals surface area contributed by atoms with Crippen molar-refractivity contribution in [2.45, 2.75) is 39.2 Å². The van der Waals surface area contributed by atoms with Gasteiger partial charge in [-0.3, -0.25) is 4.79 Å². The van der Waals surface area contributed by atoms with Crippen LogP contribution in [0.5, 0.6) is 0 Å². The first kappa shape index (κ1) is 16.4. The van der Waals surface area contributed by atoms with Crippen molar-refractivity contribution >= 4 is 5.91 Å². The zero-order chi connectivity index (χ0) is 13.1. The molecule has 0 aliphatic carbocycles. The lowest BCUT2D eigenvalue weighted by atomic mass is 10.0. The van der Waals surface area contributed by atoms with Crippen molar-refractivity contribution in [3.8, 4) is 0 Å². The number of primary amides is 1. The summed E-state index contributed by atoms with van der Waals surface area (Å²) in [5.74, 6) is -0.397. The fourth-order valence-corrected chi connectivity index (χ4v) is 1.34. The molecule has 3 N–H and O–H groups in total. The van der Waals surface area contributed by atoms with E-state index in [4.69, 9.17) is 15.2 Å². The lowest BCUT2D eigenvalue weighted by Crippen LogP contribution is -2.56. The van der Waals surface area contributed by atoms with Gasteiger partial charge in [0.2, 0.25) is 5.91 Å². The molecule has 0 heterocycles. The second-order valence-corrected chi connectivity index (χ2v) is 4.25. The SMILES string of the molecule is CCCCOCCOCC(C)(NCC)C(N)=O. The summed E-state index contributed by atoms with van der Waals surface area (Å²) in [6, 6.07) is 0. The number of carbonyl (C=O) groups is 1. The Bertz CT molecular complexity index is 212. The number of nitrogens with two attached hydrogens (primary N) is 1. The maximum atomic E-state index is 11.3. The highest BCUT2D eigenvalue weighted by Crippen LogP contribution is 2.03. The van der Waals surface area contributed by atoms with Crippen LogP contribution in [0.15, 0.2) is 0 Å². The van der Waals surface area contributed by atoms with E-state index in [0.717, 1.165) is 19.4 Å². The molecule has 0 aliphatic rings. The van der Waals surface area contributed by atoms with Crippen LogP contribution in [0.1, 0.15) is 33.6 Å². The van der Waals surface area contributed by atoms with Crippen LogP contribution in [0.3, 0.4) is 0 Å². The molecule has 0 aromatic rings. The Labute approximate surface area is 104 Å². The van der Waals surface area contributed by atoms with Crippen LogP contribution in [-0.4, -0.2) is 44.4 Å². The van der Waals surface area contributed by atoms with E-state index in [1.807, 2.05) is 6.92 Å². The smallest absolute Gasteiger partial charge is 0.239 e. The average Bonchev–Trinajstić information content (AvgIpc) is 2.28. The Morgan fingerprint density at radius 1 is 1.24 bits per heavy atom. The number of ether oxygens (including phenoxy) is 2. The summed E-state index contributed by atoms with van der Waals surface area (Å²) in [6.45, 7) is 8.54. The first-order valence-electron chi connectivity index (χ1n) is 6.27. The van der Waals surface area contributed by atoms with Gasteiger partial charge in [-0.05, 0) is 19.9 Å². The summed E-state index contributed by atoms with van der Waals surface area (Å²) in [5.41, 5.74) is 4.53.